The van der Waals surface area contributed by atoms with Crippen molar-refractivity contribution in [1.29, 1.82) is 0 Å². The van der Waals surface area contributed by atoms with Gasteiger partial charge in [0.15, 0.2) is 11.5 Å². The maximum Gasteiger partial charge on any atom is 0.165 e. The molecule has 0 unspecified atom stereocenters. The molecule has 86 valence electrons. The molecule has 2 aromatic heterocycles. The standard InChI is InChI=1S/C11H17N5/c1-4-16-7-15-9-10(12-5-8(2)3)13-6-14-11(9)16/h6-8H,4-5H2,1-3H3,(H,12,13,14). The summed E-state index contributed by atoms with van der Waals surface area (Å²) in [7, 11) is 0. The number of imidazole rings is 1. The van der Waals surface area contributed by atoms with Gasteiger partial charge in [-0.1, -0.05) is 13.8 Å². The Balaban J connectivity index is 2.35. The zero-order valence-electron chi connectivity index (χ0n) is 9.94. The number of hydrogen-bond donors (Lipinski definition) is 1. The molecule has 0 atom stereocenters. The van der Waals surface area contributed by atoms with Crippen LogP contribution in [0.1, 0.15) is 20.8 Å². The number of nitrogens with zero attached hydrogens (tertiary/aromatic N) is 4. The van der Waals surface area contributed by atoms with Crippen LogP contribution in [0.3, 0.4) is 0 Å². The minimum Gasteiger partial charge on any atom is -0.368 e. The van der Waals surface area contributed by atoms with Gasteiger partial charge in [-0.3, -0.25) is 0 Å². The first kappa shape index (κ1) is 10.9. The van der Waals surface area contributed by atoms with Crippen molar-refractivity contribution in [1.82, 2.24) is 19.5 Å². The summed E-state index contributed by atoms with van der Waals surface area (Å²) in [5.74, 6) is 1.41. The summed E-state index contributed by atoms with van der Waals surface area (Å²) in [6, 6.07) is 0. The van der Waals surface area contributed by atoms with Crippen LogP contribution in [0.4, 0.5) is 5.82 Å². The summed E-state index contributed by atoms with van der Waals surface area (Å²) in [5.41, 5.74) is 1.74. The van der Waals surface area contributed by atoms with Gasteiger partial charge in [0.25, 0.3) is 0 Å². The van der Waals surface area contributed by atoms with E-state index in [0.29, 0.717) is 5.92 Å². The average Bonchev–Trinajstić information content (AvgIpc) is 2.69. The topological polar surface area (TPSA) is 55.6 Å². The SMILES string of the molecule is CCn1cnc2c(NCC(C)C)ncnc21. The van der Waals surface area contributed by atoms with Gasteiger partial charge < -0.3 is 9.88 Å². The van der Waals surface area contributed by atoms with E-state index in [1.165, 1.54) is 0 Å². The van der Waals surface area contributed by atoms with Crippen molar-refractivity contribution in [3.63, 3.8) is 0 Å². The van der Waals surface area contributed by atoms with Gasteiger partial charge in [-0.15, -0.1) is 0 Å². The average molecular weight is 219 g/mol. The van der Waals surface area contributed by atoms with E-state index in [4.69, 9.17) is 0 Å². The van der Waals surface area contributed by atoms with Crippen LogP contribution in [0.2, 0.25) is 0 Å². The predicted octanol–water partition coefficient (Wildman–Crippen LogP) is 1.91. The molecule has 0 aliphatic carbocycles. The van der Waals surface area contributed by atoms with Gasteiger partial charge >= 0.3 is 0 Å². The van der Waals surface area contributed by atoms with Crippen molar-refractivity contribution in [2.45, 2.75) is 27.3 Å². The minimum absolute atomic E-state index is 0.582. The molecule has 2 heterocycles. The van der Waals surface area contributed by atoms with Gasteiger partial charge in [-0.2, -0.15) is 0 Å². The largest absolute Gasteiger partial charge is 0.368 e. The summed E-state index contributed by atoms with van der Waals surface area (Å²) in [6.07, 6.45) is 3.39. The molecule has 0 aliphatic heterocycles. The minimum atomic E-state index is 0.582. The predicted molar refractivity (Wildman–Crippen MR) is 64.3 cm³/mol. The van der Waals surface area contributed by atoms with E-state index in [1.807, 2.05) is 4.57 Å². The first-order chi connectivity index (χ1) is 7.72. The van der Waals surface area contributed by atoms with E-state index in [1.54, 1.807) is 12.7 Å². The van der Waals surface area contributed by atoms with E-state index in [2.05, 4.69) is 41.0 Å². The second-order valence-corrected chi connectivity index (χ2v) is 4.20. The summed E-state index contributed by atoms with van der Waals surface area (Å²) in [6.45, 7) is 8.17. The Hall–Kier alpha value is -1.65. The number of anilines is 1. The van der Waals surface area contributed by atoms with Crippen molar-refractivity contribution < 1.29 is 0 Å². The van der Waals surface area contributed by atoms with Gasteiger partial charge in [0.1, 0.15) is 11.8 Å². The maximum atomic E-state index is 4.34. The molecule has 0 fully saturated rings. The van der Waals surface area contributed by atoms with Gasteiger partial charge in [-0.25, -0.2) is 15.0 Å². The molecule has 0 amide bonds. The third-order valence-electron chi connectivity index (χ3n) is 2.42. The normalized spacial score (nSPS) is 11.2. The van der Waals surface area contributed by atoms with Crippen LogP contribution in [0, 0.1) is 5.92 Å². The fourth-order valence-corrected chi connectivity index (χ4v) is 1.54. The van der Waals surface area contributed by atoms with Gasteiger partial charge in [0.05, 0.1) is 6.33 Å². The van der Waals surface area contributed by atoms with E-state index in [9.17, 15) is 0 Å². The highest BCUT2D eigenvalue weighted by Crippen LogP contribution is 2.17. The van der Waals surface area contributed by atoms with Gasteiger partial charge in [0.2, 0.25) is 0 Å². The number of nitrogens with one attached hydrogen (secondary N) is 1. The molecule has 0 saturated carbocycles. The lowest BCUT2D eigenvalue weighted by molar-refractivity contribution is 0.687. The first-order valence-corrected chi connectivity index (χ1v) is 5.62. The van der Waals surface area contributed by atoms with E-state index in [-0.39, 0.29) is 0 Å². The van der Waals surface area contributed by atoms with Crippen molar-refractivity contribution in [3.8, 4) is 0 Å². The van der Waals surface area contributed by atoms with E-state index >= 15 is 0 Å². The van der Waals surface area contributed by atoms with Gasteiger partial charge in [-0.05, 0) is 12.8 Å². The molecule has 2 aromatic rings. The van der Waals surface area contributed by atoms with Gasteiger partial charge in [0, 0.05) is 13.1 Å². The Bertz CT molecular complexity index is 474. The van der Waals surface area contributed by atoms with Crippen LogP contribution >= 0.6 is 0 Å². The second kappa shape index (κ2) is 4.47. The highest BCUT2D eigenvalue weighted by molar-refractivity contribution is 5.82. The molecule has 0 saturated heterocycles. The highest BCUT2D eigenvalue weighted by atomic mass is 15.1. The monoisotopic (exact) mass is 219 g/mol. The van der Waals surface area contributed by atoms with Crippen molar-refractivity contribution in [2.24, 2.45) is 5.92 Å². The molecule has 2 rings (SSSR count). The number of fused-ring (bicyclic) bond motifs is 1. The Morgan fingerprint density at radius 3 is 2.81 bits per heavy atom. The lowest BCUT2D eigenvalue weighted by atomic mass is 10.2. The molecule has 16 heavy (non-hydrogen) atoms. The third kappa shape index (κ3) is 1.98. The molecular formula is C11H17N5. The molecule has 1 N–H and O–H groups in total. The fraction of sp³-hybridized carbons (Fsp3) is 0.545. The van der Waals surface area contributed by atoms with Crippen molar-refractivity contribution >= 4 is 17.0 Å². The van der Waals surface area contributed by atoms with Crippen LogP contribution in [0.15, 0.2) is 12.7 Å². The maximum absolute atomic E-state index is 4.34. The lowest BCUT2D eigenvalue weighted by Crippen LogP contribution is -2.09. The smallest absolute Gasteiger partial charge is 0.165 e. The molecule has 5 heteroatoms. The van der Waals surface area contributed by atoms with Crippen molar-refractivity contribution in [2.75, 3.05) is 11.9 Å². The van der Waals surface area contributed by atoms with Crippen LogP contribution in [0.5, 0.6) is 0 Å². The molecule has 0 spiro atoms. The fourth-order valence-electron chi connectivity index (χ4n) is 1.54. The summed E-state index contributed by atoms with van der Waals surface area (Å²) in [4.78, 5) is 12.8. The Kier molecular flexibility index (Phi) is 3.03. The highest BCUT2D eigenvalue weighted by Gasteiger charge is 2.08. The number of aryl methyl sites for hydroxylation is 1. The summed E-state index contributed by atoms with van der Waals surface area (Å²) >= 11 is 0. The summed E-state index contributed by atoms with van der Waals surface area (Å²) in [5, 5.41) is 3.30. The first-order valence-electron chi connectivity index (χ1n) is 5.62. The van der Waals surface area contributed by atoms with Crippen molar-refractivity contribution in [3.05, 3.63) is 12.7 Å². The molecule has 5 nitrogen and oxygen atoms in total. The van der Waals surface area contributed by atoms with Crippen LogP contribution < -0.4 is 5.32 Å². The Labute approximate surface area is 94.9 Å². The van der Waals surface area contributed by atoms with E-state index < -0.39 is 0 Å². The van der Waals surface area contributed by atoms with Crippen LogP contribution in [-0.2, 0) is 6.54 Å². The lowest BCUT2D eigenvalue weighted by Gasteiger charge is -2.08. The number of aromatic nitrogens is 4. The zero-order chi connectivity index (χ0) is 11.5. The molecule has 0 aromatic carbocycles. The quantitative estimate of drug-likeness (QED) is 0.853. The number of rotatable bonds is 4. The van der Waals surface area contributed by atoms with Crippen LogP contribution in [0.25, 0.3) is 11.2 Å². The Morgan fingerprint density at radius 1 is 1.31 bits per heavy atom. The molecule has 0 aliphatic rings. The molecule has 0 radical (unpaired) electrons. The third-order valence-corrected chi connectivity index (χ3v) is 2.42. The summed E-state index contributed by atoms with van der Waals surface area (Å²) < 4.78 is 2.01. The van der Waals surface area contributed by atoms with Crippen LogP contribution in [-0.4, -0.2) is 26.1 Å². The molecular weight excluding hydrogens is 202 g/mol. The molecule has 0 bridgehead atoms. The number of hydrogen-bond acceptors (Lipinski definition) is 4. The Morgan fingerprint density at radius 2 is 2.12 bits per heavy atom. The zero-order valence-corrected chi connectivity index (χ0v) is 9.94. The van der Waals surface area contributed by atoms with E-state index in [0.717, 1.165) is 30.1 Å². The second-order valence-electron chi connectivity index (χ2n) is 4.20.